The highest BCUT2D eigenvalue weighted by molar-refractivity contribution is 7.12. The van der Waals surface area contributed by atoms with Gasteiger partial charge in [-0.25, -0.2) is 10.2 Å². The fourth-order valence-electron chi connectivity index (χ4n) is 1.43. The Kier molecular flexibility index (Phi) is 4.04. The Morgan fingerprint density at radius 2 is 2.00 bits per heavy atom. The van der Waals surface area contributed by atoms with Crippen molar-refractivity contribution < 1.29 is 14.7 Å². The second-order valence-electron chi connectivity index (χ2n) is 3.57. The standard InChI is InChI=1S/C13H10N2O3S/c16-12(11-6-3-7-19-11)15-14-8-9-4-1-2-5-10(9)13(17)18/h1-8H,(H,15,16)(H,17,18)/b14-8+. The number of hydrogen-bond acceptors (Lipinski definition) is 4. The summed E-state index contributed by atoms with van der Waals surface area (Å²) < 4.78 is 0. The first-order chi connectivity index (χ1) is 9.18. The van der Waals surface area contributed by atoms with E-state index in [1.165, 1.54) is 23.6 Å². The average molecular weight is 274 g/mol. The average Bonchev–Trinajstić information content (AvgIpc) is 2.93. The van der Waals surface area contributed by atoms with Crippen LogP contribution < -0.4 is 5.43 Å². The second kappa shape index (κ2) is 5.92. The molecule has 19 heavy (non-hydrogen) atoms. The van der Waals surface area contributed by atoms with Crippen molar-refractivity contribution in [3.8, 4) is 0 Å². The van der Waals surface area contributed by atoms with Crippen LogP contribution in [0.15, 0.2) is 46.9 Å². The van der Waals surface area contributed by atoms with Gasteiger partial charge in [-0.3, -0.25) is 4.79 Å². The molecule has 0 atom stereocenters. The summed E-state index contributed by atoms with van der Waals surface area (Å²) in [6.07, 6.45) is 1.31. The highest BCUT2D eigenvalue weighted by atomic mass is 32.1. The van der Waals surface area contributed by atoms with Crippen LogP contribution in [0, 0.1) is 0 Å². The molecule has 1 aromatic carbocycles. The van der Waals surface area contributed by atoms with E-state index in [0.717, 1.165) is 0 Å². The van der Waals surface area contributed by atoms with Gasteiger partial charge < -0.3 is 5.11 Å². The molecule has 1 aromatic heterocycles. The Morgan fingerprint density at radius 3 is 2.68 bits per heavy atom. The number of thiophene rings is 1. The molecule has 2 N–H and O–H groups in total. The van der Waals surface area contributed by atoms with Crippen molar-refractivity contribution in [3.63, 3.8) is 0 Å². The zero-order chi connectivity index (χ0) is 13.7. The van der Waals surface area contributed by atoms with Crippen LogP contribution in [0.4, 0.5) is 0 Å². The molecule has 0 fully saturated rings. The molecule has 6 heteroatoms. The molecule has 2 rings (SSSR count). The maximum Gasteiger partial charge on any atom is 0.336 e. The summed E-state index contributed by atoms with van der Waals surface area (Å²) in [5, 5.41) is 14.5. The van der Waals surface area contributed by atoms with E-state index in [1.54, 1.807) is 35.7 Å². The van der Waals surface area contributed by atoms with Crippen LogP contribution in [0.1, 0.15) is 25.6 Å². The number of rotatable bonds is 4. The minimum atomic E-state index is -1.04. The van der Waals surface area contributed by atoms with Crippen LogP contribution in [0.5, 0.6) is 0 Å². The molecule has 0 aliphatic carbocycles. The first-order valence-electron chi connectivity index (χ1n) is 5.37. The minimum absolute atomic E-state index is 0.136. The Morgan fingerprint density at radius 1 is 1.21 bits per heavy atom. The molecule has 0 saturated heterocycles. The van der Waals surface area contributed by atoms with Gasteiger partial charge in [-0.1, -0.05) is 24.3 Å². The van der Waals surface area contributed by atoms with Gasteiger partial charge in [-0.15, -0.1) is 11.3 Å². The van der Waals surface area contributed by atoms with Gasteiger partial charge in [-0.05, 0) is 17.5 Å². The van der Waals surface area contributed by atoms with Crippen LogP contribution in [-0.2, 0) is 0 Å². The first-order valence-corrected chi connectivity index (χ1v) is 6.25. The van der Waals surface area contributed by atoms with Crippen molar-refractivity contribution in [1.29, 1.82) is 0 Å². The fourth-order valence-corrected chi connectivity index (χ4v) is 2.04. The third-order valence-electron chi connectivity index (χ3n) is 2.31. The van der Waals surface area contributed by atoms with Crippen molar-refractivity contribution >= 4 is 29.4 Å². The topological polar surface area (TPSA) is 78.8 Å². The van der Waals surface area contributed by atoms with Gasteiger partial charge in [0.25, 0.3) is 5.91 Å². The number of hydrogen-bond donors (Lipinski definition) is 2. The summed E-state index contributed by atoms with van der Waals surface area (Å²) in [6, 6.07) is 9.87. The Hall–Kier alpha value is -2.47. The molecular weight excluding hydrogens is 264 g/mol. The maximum absolute atomic E-state index is 11.6. The van der Waals surface area contributed by atoms with Gasteiger partial charge in [0.2, 0.25) is 0 Å². The summed E-state index contributed by atoms with van der Waals surface area (Å²) in [5.41, 5.74) is 2.92. The minimum Gasteiger partial charge on any atom is -0.478 e. The second-order valence-corrected chi connectivity index (χ2v) is 4.52. The number of nitrogens with one attached hydrogen (secondary N) is 1. The predicted octanol–water partition coefficient (Wildman–Crippen LogP) is 2.21. The number of amides is 1. The fraction of sp³-hybridized carbons (Fsp3) is 0. The molecule has 0 unspecified atom stereocenters. The molecule has 0 bridgehead atoms. The van der Waals surface area contributed by atoms with Crippen LogP contribution in [0.3, 0.4) is 0 Å². The van der Waals surface area contributed by atoms with E-state index in [2.05, 4.69) is 10.5 Å². The van der Waals surface area contributed by atoms with E-state index in [1.807, 2.05) is 0 Å². The van der Waals surface area contributed by atoms with Gasteiger partial charge in [0.05, 0.1) is 16.7 Å². The predicted molar refractivity (Wildman–Crippen MR) is 72.8 cm³/mol. The van der Waals surface area contributed by atoms with Crippen molar-refractivity contribution in [2.24, 2.45) is 5.10 Å². The highest BCUT2D eigenvalue weighted by Gasteiger charge is 2.07. The van der Waals surface area contributed by atoms with E-state index < -0.39 is 5.97 Å². The number of carbonyl (C=O) groups is 2. The summed E-state index contributed by atoms with van der Waals surface area (Å²) in [6.45, 7) is 0. The molecule has 0 aliphatic heterocycles. The van der Waals surface area contributed by atoms with Crippen LogP contribution in [-0.4, -0.2) is 23.2 Å². The Labute approximate surface area is 113 Å². The van der Waals surface area contributed by atoms with Gasteiger partial charge in [0, 0.05) is 5.56 Å². The van der Waals surface area contributed by atoms with Gasteiger partial charge in [-0.2, -0.15) is 5.10 Å². The lowest BCUT2D eigenvalue weighted by atomic mass is 10.1. The van der Waals surface area contributed by atoms with E-state index >= 15 is 0 Å². The number of aromatic carboxylic acids is 1. The number of hydrazone groups is 1. The van der Waals surface area contributed by atoms with Crippen molar-refractivity contribution in [3.05, 3.63) is 57.8 Å². The number of carboxylic acids is 1. The molecule has 2 aromatic rings. The van der Waals surface area contributed by atoms with Gasteiger partial charge in [0.1, 0.15) is 0 Å². The Balaban J connectivity index is 2.07. The molecule has 5 nitrogen and oxygen atoms in total. The maximum atomic E-state index is 11.6. The molecular formula is C13H10N2O3S. The smallest absolute Gasteiger partial charge is 0.336 e. The van der Waals surface area contributed by atoms with E-state index in [9.17, 15) is 9.59 Å². The van der Waals surface area contributed by atoms with Crippen molar-refractivity contribution in [1.82, 2.24) is 5.43 Å². The molecule has 0 spiro atoms. The summed E-state index contributed by atoms with van der Waals surface area (Å²) in [4.78, 5) is 23.1. The Bertz CT molecular complexity index is 621. The van der Waals surface area contributed by atoms with Crippen LogP contribution in [0.2, 0.25) is 0 Å². The molecule has 96 valence electrons. The van der Waals surface area contributed by atoms with Gasteiger partial charge in [0.15, 0.2) is 0 Å². The molecule has 1 amide bonds. The monoisotopic (exact) mass is 274 g/mol. The van der Waals surface area contributed by atoms with E-state index in [0.29, 0.717) is 10.4 Å². The zero-order valence-electron chi connectivity index (χ0n) is 9.74. The SMILES string of the molecule is O=C(N/N=C/c1ccccc1C(=O)O)c1cccs1. The number of carbonyl (C=O) groups excluding carboxylic acids is 1. The van der Waals surface area contributed by atoms with E-state index in [4.69, 9.17) is 5.11 Å². The molecule has 0 radical (unpaired) electrons. The largest absolute Gasteiger partial charge is 0.478 e. The number of benzene rings is 1. The quantitative estimate of drug-likeness (QED) is 0.662. The zero-order valence-corrected chi connectivity index (χ0v) is 10.6. The van der Waals surface area contributed by atoms with E-state index in [-0.39, 0.29) is 11.5 Å². The summed E-state index contributed by atoms with van der Waals surface area (Å²) in [5.74, 6) is -1.36. The van der Waals surface area contributed by atoms with Crippen LogP contribution in [0.25, 0.3) is 0 Å². The highest BCUT2D eigenvalue weighted by Crippen LogP contribution is 2.08. The van der Waals surface area contributed by atoms with Crippen LogP contribution >= 0.6 is 11.3 Å². The lowest BCUT2D eigenvalue weighted by molar-refractivity contribution is 0.0696. The molecule has 0 saturated carbocycles. The van der Waals surface area contributed by atoms with Crippen molar-refractivity contribution in [2.75, 3.05) is 0 Å². The lowest BCUT2D eigenvalue weighted by Gasteiger charge is -1.99. The summed E-state index contributed by atoms with van der Waals surface area (Å²) in [7, 11) is 0. The third kappa shape index (κ3) is 3.26. The third-order valence-corrected chi connectivity index (χ3v) is 3.17. The molecule has 1 heterocycles. The van der Waals surface area contributed by atoms with Crippen molar-refractivity contribution in [2.45, 2.75) is 0 Å². The molecule has 0 aliphatic rings. The van der Waals surface area contributed by atoms with Gasteiger partial charge >= 0.3 is 5.97 Å². The number of carboxylic acid groups (broad SMARTS) is 1. The first kappa shape index (κ1) is 13.0. The summed E-state index contributed by atoms with van der Waals surface area (Å²) >= 11 is 1.31. The number of nitrogens with zero attached hydrogens (tertiary/aromatic N) is 1. The normalized spacial score (nSPS) is 10.5. The lowest BCUT2D eigenvalue weighted by Crippen LogP contribution is -2.16.